The van der Waals surface area contributed by atoms with E-state index in [1.165, 1.54) is 6.07 Å². The molecule has 6 heteroatoms. The number of aromatic hydroxyl groups is 1. The highest BCUT2D eigenvalue weighted by Gasteiger charge is 2.39. The Morgan fingerprint density at radius 3 is 2.74 bits per heavy atom. The molecule has 0 fully saturated rings. The van der Waals surface area contributed by atoms with Crippen molar-refractivity contribution in [1.82, 2.24) is 0 Å². The van der Waals surface area contributed by atoms with Crippen LogP contribution in [0.15, 0.2) is 47.7 Å². The minimum atomic E-state index is -0.667. The first-order valence-electron chi connectivity index (χ1n) is 8.92. The highest BCUT2D eigenvalue weighted by Crippen LogP contribution is 2.47. The van der Waals surface area contributed by atoms with Crippen molar-refractivity contribution in [2.45, 2.75) is 32.7 Å². The molecule has 2 aromatic rings. The maximum atomic E-state index is 14.7. The Balaban J connectivity index is 1.93. The summed E-state index contributed by atoms with van der Waals surface area (Å²) in [6.45, 7) is 4.05. The fourth-order valence-electron chi connectivity index (χ4n) is 3.96. The third-order valence-corrected chi connectivity index (χ3v) is 5.16. The van der Waals surface area contributed by atoms with Gasteiger partial charge in [-0.05, 0) is 36.1 Å². The summed E-state index contributed by atoms with van der Waals surface area (Å²) >= 11 is 0. The van der Waals surface area contributed by atoms with E-state index in [-0.39, 0.29) is 16.9 Å². The summed E-state index contributed by atoms with van der Waals surface area (Å²) in [4.78, 5) is 13.0. The Bertz CT molecular complexity index is 981. The molecule has 2 aromatic carbocycles. The first kappa shape index (κ1) is 17.4. The van der Waals surface area contributed by atoms with Gasteiger partial charge in [-0.3, -0.25) is 4.79 Å². The largest absolute Gasteiger partial charge is 0.506 e. The van der Waals surface area contributed by atoms with Crippen molar-refractivity contribution in [3.8, 4) is 5.75 Å². The van der Waals surface area contributed by atoms with E-state index in [2.05, 4.69) is 10.6 Å². The fourth-order valence-corrected chi connectivity index (χ4v) is 3.96. The number of rotatable bonds is 1. The normalized spacial score (nSPS) is 20.9. The number of nitrogens with one attached hydrogen (secondary N) is 2. The number of phenolic OH excluding ortho intramolecular Hbond substituents is 1. The Labute approximate surface area is 157 Å². The highest BCUT2D eigenvalue weighted by molar-refractivity contribution is 6.01. The number of nitrogen functional groups attached to an aromatic ring is 1. The Hall–Kier alpha value is -3.02. The van der Waals surface area contributed by atoms with Crippen LogP contribution in [0, 0.1) is 11.2 Å². The maximum Gasteiger partial charge on any atom is 0.163 e. The molecule has 0 saturated carbocycles. The number of hydrogen-bond donors (Lipinski definition) is 4. The molecule has 0 bridgehead atoms. The predicted molar refractivity (Wildman–Crippen MR) is 104 cm³/mol. The summed E-state index contributed by atoms with van der Waals surface area (Å²) in [5.41, 5.74) is 8.47. The van der Waals surface area contributed by atoms with Crippen LogP contribution in [-0.4, -0.2) is 10.9 Å². The van der Waals surface area contributed by atoms with Gasteiger partial charge in [0.25, 0.3) is 0 Å². The van der Waals surface area contributed by atoms with Crippen LogP contribution in [0.3, 0.4) is 0 Å². The summed E-state index contributed by atoms with van der Waals surface area (Å²) in [7, 11) is 0. The standard InChI is InChI=1S/C21H22FN3O2/c1-21(2)9-15-18(17(27)10-21)19(12-7-6-11(23)8-13(12)22)24-14-4-3-5-16(26)20(14)25-15/h3-8,19,24-26H,9-10,23H2,1-2H3. The number of para-hydroxylation sites is 1. The predicted octanol–water partition coefficient (Wildman–Crippen LogP) is 4.34. The molecule has 2 aliphatic rings. The average Bonchev–Trinajstić information content (AvgIpc) is 2.71. The molecule has 27 heavy (non-hydrogen) atoms. The van der Waals surface area contributed by atoms with Crippen LogP contribution in [0.2, 0.25) is 0 Å². The van der Waals surface area contributed by atoms with E-state index in [0.717, 1.165) is 0 Å². The third-order valence-electron chi connectivity index (χ3n) is 5.16. The topological polar surface area (TPSA) is 87.4 Å². The van der Waals surface area contributed by atoms with Crippen LogP contribution in [0.25, 0.3) is 0 Å². The molecular formula is C21H22FN3O2. The number of benzene rings is 2. The number of hydrogen-bond acceptors (Lipinski definition) is 5. The summed E-state index contributed by atoms with van der Waals surface area (Å²) in [6, 6.07) is 8.89. The number of nitrogens with two attached hydrogens (primary N) is 1. The van der Waals surface area contributed by atoms with Crippen molar-refractivity contribution < 1.29 is 14.3 Å². The average molecular weight is 367 g/mol. The zero-order valence-corrected chi connectivity index (χ0v) is 15.3. The SMILES string of the molecule is CC1(C)CC(=O)C2=C(C1)Nc1c(O)cccc1NC2c1ccc(N)cc1F. The Morgan fingerprint density at radius 2 is 2.00 bits per heavy atom. The Kier molecular flexibility index (Phi) is 3.87. The second kappa shape index (κ2) is 6.01. The van der Waals surface area contributed by atoms with Crippen molar-refractivity contribution in [3.05, 3.63) is 59.0 Å². The molecule has 1 unspecified atom stereocenters. The minimum Gasteiger partial charge on any atom is -0.506 e. The summed E-state index contributed by atoms with van der Waals surface area (Å²) in [5, 5.41) is 16.8. The number of halogens is 1. The van der Waals surface area contributed by atoms with Gasteiger partial charge in [0.05, 0.1) is 11.7 Å². The lowest BCUT2D eigenvalue weighted by atomic mass is 9.73. The highest BCUT2D eigenvalue weighted by atomic mass is 19.1. The zero-order chi connectivity index (χ0) is 19.3. The molecular weight excluding hydrogens is 345 g/mol. The molecule has 1 atom stereocenters. The number of phenols is 1. The first-order valence-corrected chi connectivity index (χ1v) is 8.92. The molecule has 5 nitrogen and oxygen atoms in total. The monoisotopic (exact) mass is 367 g/mol. The van der Waals surface area contributed by atoms with E-state index >= 15 is 0 Å². The lowest BCUT2D eigenvalue weighted by Gasteiger charge is -2.34. The van der Waals surface area contributed by atoms with E-state index in [0.29, 0.717) is 46.7 Å². The summed E-state index contributed by atoms with van der Waals surface area (Å²) in [5.74, 6) is -0.434. The van der Waals surface area contributed by atoms with E-state index in [9.17, 15) is 14.3 Å². The lowest BCUT2D eigenvalue weighted by molar-refractivity contribution is -0.118. The van der Waals surface area contributed by atoms with Crippen LogP contribution < -0.4 is 16.4 Å². The second-order valence-corrected chi connectivity index (χ2v) is 8.02. The molecule has 0 amide bonds. The van der Waals surface area contributed by atoms with Crippen LogP contribution in [0.4, 0.5) is 21.5 Å². The van der Waals surface area contributed by atoms with Gasteiger partial charge in [-0.2, -0.15) is 0 Å². The summed E-state index contributed by atoms with van der Waals surface area (Å²) in [6.07, 6.45) is 1.00. The second-order valence-electron chi connectivity index (χ2n) is 8.02. The van der Waals surface area contributed by atoms with Crippen molar-refractivity contribution >= 4 is 22.8 Å². The van der Waals surface area contributed by atoms with Gasteiger partial charge in [-0.15, -0.1) is 0 Å². The Morgan fingerprint density at radius 1 is 1.22 bits per heavy atom. The molecule has 1 aliphatic carbocycles. The minimum absolute atomic E-state index is 0.0326. The summed E-state index contributed by atoms with van der Waals surface area (Å²) < 4.78 is 14.7. The number of ketones is 1. The van der Waals surface area contributed by atoms with Crippen LogP contribution in [-0.2, 0) is 4.79 Å². The number of Topliss-reactive ketones (excluding diaryl/α,β-unsaturated/α-hetero) is 1. The van der Waals surface area contributed by atoms with Crippen LogP contribution >= 0.6 is 0 Å². The van der Waals surface area contributed by atoms with Crippen LogP contribution in [0.1, 0.15) is 38.3 Å². The van der Waals surface area contributed by atoms with Gasteiger partial charge in [0.15, 0.2) is 5.78 Å². The lowest BCUT2D eigenvalue weighted by Crippen LogP contribution is -2.31. The van der Waals surface area contributed by atoms with Crippen molar-refractivity contribution in [2.24, 2.45) is 5.41 Å². The van der Waals surface area contributed by atoms with Gasteiger partial charge in [0, 0.05) is 28.9 Å². The molecule has 1 heterocycles. The number of allylic oxidation sites excluding steroid dienone is 1. The van der Waals surface area contributed by atoms with E-state index in [1.54, 1.807) is 30.3 Å². The van der Waals surface area contributed by atoms with Gasteiger partial charge in [0.2, 0.25) is 0 Å². The molecule has 0 aromatic heterocycles. The quantitative estimate of drug-likeness (QED) is 0.445. The third kappa shape index (κ3) is 3.01. The van der Waals surface area contributed by atoms with E-state index in [1.807, 2.05) is 13.8 Å². The first-order chi connectivity index (χ1) is 12.7. The number of anilines is 3. The number of carbonyl (C=O) groups is 1. The van der Waals surface area contributed by atoms with Gasteiger partial charge in [0.1, 0.15) is 17.3 Å². The maximum absolute atomic E-state index is 14.7. The fraction of sp³-hybridized carbons (Fsp3) is 0.286. The van der Waals surface area contributed by atoms with Gasteiger partial charge in [-0.25, -0.2) is 4.39 Å². The van der Waals surface area contributed by atoms with E-state index < -0.39 is 11.9 Å². The van der Waals surface area contributed by atoms with E-state index in [4.69, 9.17) is 5.73 Å². The molecule has 140 valence electrons. The molecule has 0 saturated heterocycles. The molecule has 0 radical (unpaired) electrons. The van der Waals surface area contributed by atoms with Crippen molar-refractivity contribution in [1.29, 1.82) is 0 Å². The molecule has 4 rings (SSSR count). The molecule has 1 aliphatic heterocycles. The van der Waals surface area contributed by atoms with Crippen LogP contribution in [0.5, 0.6) is 5.75 Å². The molecule has 0 spiro atoms. The zero-order valence-electron chi connectivity index (χ0n) is 15.3. The van der Waals surface area contributed by atoms with Gasteiger partial charge in [-0.1, -0.05) is 26.0 Å². The number of carbonyl (C=O) groups excluding carboxylic acids is 1. The van der Waals surface area contributed by atoms with Crippen molar-refractivity contribution in [2.75, 3.05) is 16.4 Å². The molecule has 5 N–H and O–H groups in total. The smallest absolute Gasteiger partial charge is 0.163 e. The van der Waals surface area contributed by atoms with Gasteiger partial charge >= 0.3 is 0 Å². The number of fused-ring (bicyclic) bond motifs is 1. The van der Waals surface area contributed by atoms with Gasteiger partial charge < -0.3 is 21.5 Å². The van der Waals surface area contributed by atoms with Crippen molar-refractivity contribution in [3.63, 3.8) is 0 Å².